The third kappa shape index (κ3) is 9.02. The van der Waals surface area contributed by atoms with Crippen molar-refractivity contribution in [3.8, 4) is 0 Å². The molecule has 0 atom stereocenters. The second-order valence-electron chi connectivity index (χ2n) is 4.00. The van der Waals surface area contributed by atoms with Crippen molar-refractivity contribution in [1.29, 1.82) is 0 Å². The van der Waals surface area contributed by atoms with Crippen LogP contribution in [0.25, 0.3) is 0 Å². The van der Waals surface area contributed by atoms with Crippen LogP contribution < -0.4 is 104 Å². The second-order valence-corrected chi connectivity index (χ2v) is 4.00. The van der Waals surface area contributed by atoms with Gasteiger partial charge in [0.25, 0.3) is 0 Å². The molecule has 10 heteroatoms. The topological polar surface area (TPSA) is 124 Å². The number of carboxylic acid groups (broad SMARTS) is 3. The third-order valence-corrected chi connectivity index (χ3v) is 2.38. The Labute approximate surface area is 193 Å². The molecule has 1 aromatic carbocycles. The first-order chi connectivity index (χ1) is 8.81. The fourth-order valence-corrected chi connectivity index (χ4v) is 1.62. The van der Waals surface area contributed by atoms with Gasteiger partial charge in [0, 0.05) is 24.2 Å². The summed E-state index contributed by atoms with van der Waals surface area (Å²) >= 11 is 0. The predicted molar refractivity (Wildman–Crippen MR) is 56.4 cm³/mol. The quantitative estimate of drug-likeness (QED) is 0.474. The van der Waals surface area contributed by atoms with Crippen molar-refractivity contribution >= 4 is 17.9 Å². The number of aromatic carboxylic acids is 2. The Bertz CT molecular complexity index is 538. The molecule has 1 rings (SSSR count). The van der Waals surface area contributed by atoms with Crippen molar-refractivity contribution in [2.24, 2.45) is 0 Å². The molecule has 0 bridgehead atoms. The Hall–Kier alpha value is 0.590. The van der Waals surface area contributed by atoms with Crippen LogP contribution >= 0.6 is 0 Å². The van der Waals surface area contributed by atoms with Gasteiger partial charge >= 0.3 is 88.7 Å². The predicted octanol–water partition coefficient (Wildman–Crippen LogP) is -12.4. The maximum Gasteiger partial charge on any atom is 1.00 e. The van der Waals surface area contributed by atoms with E-state index in [1.807, 2.05) is 0 Å². The smallest absolute Gasteiger partial charge is 0.549 e. The van der Waals surface area contributed by atoms with Gasteiger partial charge < -0.3 is 29.7 Å². The van der Waals surface area contributed by atoms with Crippen molar-refractivity contribution in [1.82, 2.24) is 4.90 Å². The first-order valence-electron chi connectivity index (χ1n) is 5.25. The van der Waals surface area contributed by atoms with E-state index in [2.05, 4.69) is 0 Å². The minimum absolute atomic E-state index is 0. The Balaban J connectivity index is -0.00000120. The number of aliphatic carboxylic acids is 1. The molecule has 22 heavy (non-hydrogen) atoms. The van der Waals surface area contributed by atoms with E-state index in [1.165, 1.54) is 18.0 Å². The molecule has 0 unspecified atom stereocenters. The standard InChI is InChI=1S/C12H13NO6.3Na/c1-13(6-10(14)15)5-7-2-3-8(11(16)17)9(4-7)12(18)19;;;/h2-4H,5-6H2,1H3,(H,14,15)(H,16,17)(H,18,19);;;/q;3*+1/p-3. The van der Waals surface area contributed by atoms with Gasteiger partial charge in [0.1, 0.15) is 0 Å². The molecule has 0 spiro atoms. The van der Waals surface area contributed by atoms with Crippen LogP contribution in [0.3, 0.4) is 0 Å². The van der Waals surface area contributed by atoms with E-state index in [0.29, 0.717) is 5.56 Å². The van der Waals surface area contributed by atoms with Crippen LogP contribution in [-0.4, -0.2) is 36.4 Å². The molecule has 0 aliphatic heterocycles. The molecule has 0 saturated carbocycles. The number of nitrogens with zero attached hydrogens (tertiary/aromatic N) is 1. The molecule has 0 fully saturated rings. The van der Waals surface area contributed by atoms with Crippen LogP contribution in [0.5, 0.6) is 0 Å². The van der Waals surface area contributed by atoms with Gasteiger partial charge in [0.15, 0.2) is 0 Å². The zero-order chi connectivity index (χ0) is 14.6. The third-order valence-electron chi connectivity index (χ3n) is 2.38. The zero-order valence-corrected chi connectivity index (χ0v) is 19.0. The summed E-state index contributed by atoms with van der Waals surface area (Å²) < 4.78 is 0. The van der Waals surface area contributed by atoms with Gasteiger partial charge in [-0.3, -0.25) is 4.90 Å². The largest absolute Gasteiger partial charge is 1.00 e. The van der Waals surface area contributed by atoms with E-state index < -0.39 is 29.0 Å². The maximum absolute atomic E-state index is 10.8. The Kier molecular flexibility index (Phi) is 16.1. The van der Waals surface area contributed by atoms with Gasteiger partial charge in [-0.05, 0) is 18.7 Å². The van der Waals surface area contributed by atoms with Crippen LogP contribution in [0, 0.1) is 0 Å². The maximum atomic E-state index is 10.8. The van der Waals surface area contributed by atoms with E-state index in [9.17, 15) is 29.7 Å². The molecular formula is C12H10NNa3O6. The molecule has 0 aliphatic carbocycles. The number of likely N-dealkylation sites (N-methyl/N-ethyl adjacent to an activating group) is 1. The summed E-state index contributed by atoms with van der Waals surface area (Å²) in [5, 5.41) is 31.9. The first kappa shape index (κ1) is 27.4. The van der Waals surface area contributed by atoms with E-state index in [-0.39, 0.29) is 102 Å². The number of carboxylic acids is 3. The van der Waals surface area contributed by atoms with E-state index in [4.69, 9.17) is 0 Å². The molecule has 0 aliphatic rings. The van der Waals surface area contributed by atoms with Crippen molar-refractivity contribution in [2.45, 2.75) is 6.54 Å². The van der Waals surface area contributed by atoms with E-state index in [1.54, 1.807) is 0 Å². The molecule has 102 valence electrons. The molecule has 0 aromatic heterocycles. The molecule has 0 amide bonds. The van der Waals surface area contributed by atoms with Crippen LogP contribution in [0.4, 0.5) is 0 Å². The number of rotatable bonds is 6. The number of hydrogen-bond acceptors (Lipinski definition) is 7. The van der Waals surface area contributed by atoms with Crippen molar-refractivity contribution < 1.29 is 118 Å². The fourth-order valence-electron chi connectivity index (χ4n) is 1.62. The summed E-state index contributed by atoms with van der Waals surface area (Å²) in [6.45, 7) is -0.204. The number of benzene rings is 1. The van der Waals surface area contributed by atoms with E-state index in [0.717, 1.165) is 12.1 Å². The summed E-state index contributed by atoms with van der Waals surface area (Å²) in [5.74, 6) is -4.52. The minimum atomic E-state index is -1.64. The van der Waals surface area contributed by atoms with Crippen molar-refractivity contribution in [2.75, 3.05) is 13.6 Å². The zero-order valence-electron chi connectivity index (χ0n) is 13.0. The van der Waals surface area contributed by atoms with Crippen LogP contribution in [0.15, 0.2) is 18.2 Å². The van der Waals surface area contributed by atoms with Crippen LogP contribution in [0.1, 0.15) is 26.3 Å². The minimum Gasteiger partial charge on any atom is -0.549 e. The molecular weight excluding hydrogens is 323 g/mol. The summed E-state index contributed by atoms with van der Waals surface area (Å²) in [6, 6.07) is 3.58. The average molecular weight is 333 g/mol. The fraction of sp³-hybridized carbons (Fsp3) is 0.250. The number of hydrogen-bond donors (Lipinski definition) is 0. The summed E-state index contributed by atoms with van der Waals surface area (Å²) in [6.07, 6.45) is 0. The number of carbonyl (C=O) groups excluding carboxylic acids is 3. The summed E-state index contributed by atoms with van der Waals surface area (Å²) in [4.78, 5) is 33.3. The molecule has 0 saturated heterocycles. The normalized spacial score (nSPS) is 9.00. The Morgan fingerprint density at radius 2 is 1.45 bits per heavy atom. The van der Waals surface area contributed by atoms with Crippen molar-refractivity contribution in [3.05, 3.63) is 34.9 Å². The molecule has 0 N–H and O–H groups in total. The van der Waals surface area contributed by atoms with Gasteiger partial charge in [-0.1, -0.05) is 12.1 Å². The Morgan fingerprint density at radius 1 is 0.955 bits per heavy atom. The average Bonchev–Trinajstić information content (AvgIpc) is 2.27. The van der Waals surface area contributed by atoms with Gasteiger partial charge in [-0.15, -0.1) is 0 Å². The van der Waals surface area contributed by atoms with Gasteiger partial charge in [-0.25, -0.2) is 0 Å². The van der Waals surface area contributed by atoms with Crippen molar-refractivity contribution in [3.63, 3.8) is 0 Å². The van der Waals surface area contributed by atoms with Gasteiger partial charge in [0.2, 0.25) is 0 Å². The van der Waals surface area contributed by atoms with Crippen LogP contribution in [-0.2, 0) is 11.3 Å². The monoisotopic (exact) mass is 333 g/mol. The van der Waals surface area contributed by atoms with E-state index >= 15 is 0 Å². The SMILES string of the molecule is CN(CC(=O)[O-])Cc1ccc(C(=O)[O-])c(C(=O)[O-])c1.[Na+].[Na+].[Na+]. The Morgan fingerprint density at radius 3 is 1.86 bits per heavy atom. The molecule has 7 nitrogen and oxygen atoms in total. The van der Waals surface area contributed by atoms with Crippen LogP contribution in [0.2, 0.25) is 0 Å². The van der Waals surface area contributed by atoms with Gasteiger partial charge in [-0.2, -0.15) is 0 Å². The summed E-state index contributed by atoms with van der Waals surface area (Å²) in [5.41, 5.74) is -0.543. The first-order valence-corrected chi connectivity index (χ1v) is 5.25. The molecule has 0 radical (unpaired) electrons. The number of carbonyl (C=O) groups is 3. The molecule has 0 heterocycles. The summed E-state index contributed by atoms with van der Waals surface area (Å²) in [7, 11) is 1.50. The second kappa shape index (κ2) is 12.9. The van der Waals surface area contributed by atoms with Gasteiger partial charge in [0.05, 0.1) is 17.9 Å². The molecule has 1 aromatic rings.